The zero-order valence-electron chi connectivity index (χ0n) is 8.65. The molecule has 2 unspecified atom stereocenters. The first-order chi connectivity index (χ1) is 7.47. The minimum Gasteiger partial charge on any atom is -0.481 e. The van der Waals surface area contributed by atoms with Gasteiger partial charge in [0, 0.05) is 15.6 Å². The van der Waals surface area contributed by atoms with Crippen LogP contribution in [0.5, 0.6) is 0 Å². The van der Waals surface area contributed by atoms with Gasteiger partial charge in [0.2, 0.25) is 0 Å². The first kappa shape index (κ1) is 13.3. The lowest BCUT2D eigenvalue weighted by Crippen LogP contribution is -2.21. The summed E-state index contributed by atoms with van der Waals surface area (Å²) in [7, 11) is 0. The lowest BCUT2D eigenvalue weighted by molar-refractivity contribution is -0.146. The fraction of sp³-hybridized carbons (Fsp3) is 0.364. The third-order valence-electron chi connectivity index (χ3n) is 2.41. The molecular formula is C11H12Cl2O3. The fourth-order valence-electron chi connectivity index (χ4n) is 1.49. The van der Waals surface area contributed by atoms with E-state index in [9.17, 15) is 9.90 Å². The molecule has 1 rings (SSSR count). The minimum absolute atomic E-state index is 0.316. The average molecular weight is 263 g/mol. The van der Waals surface area contributed by atoms with Crippen LogP contribution >= 0.6 is 23.2 Å². The molecule has 2 N–H and O–H groups in total. The van der Waals surface area contributed by atoms with Crippen molar-refractivity contribution in [1.29, 1.82) is 0 Å². The van der Waals surface area contributed by atoms with Crippen molar-refractivity contribution in [2.75, 3.05) is 0 Å². The van der Waals surface area contributed by atoms with Gasteiger partial charge in [-0.3, -0.25) is 4.79 Å². The number of hydrogen-bond acceptors (Lipinski definition) is 2. The van der Waals surface area contributed by atoms with E-state index in [0.29, 0.717) is 22.0 Å². The van der Waals surface area contributed by atoms with Gasteiger partial charge in [-0.1, -0.05) is 30.1 Å². The number of carbonyl (C=O) groups is 1. The third-order valence-corrected chi connectivity index (χ3v) is 2.99. The summed E-state index contributed by atoms with van der Waals surface area (Å²) in [6.45, 7) is 1.69. The standard InChI is InChI=1S/C11H12Cl2O3/c1-2-7(11(15)16)10(14)8-5-6(12)3-4-9(8)13/h3-5,7,10,14H,2H2,1H3,(H,15,16). The van der Waals surface area contributed by atoms with Crippen LogP contribution in [0.2, 0.25) is 10.0 Å². The predicted octanol–water partition coefficient (Wildman–Crippen LogP) is 3.14. The fourth-order valence-corrected chi connectivity index (χ4v) is 1.90. The Kier molecular flexibility index (Phi) is 4.59. The van der Waals surface area contributed by atoms with E-state index in [0.717, 1.165) is 0 Å². The number of aliphatic carboxylic acids is 1. The Morgan fingerprint density at radius 1 is 1.44 bits per heavy atom. The topological polar surface area (TPSA) is 57.5 Å². The molecule has 3 nitrogen and oxygen atoms in total. The molecule has 0 aliphatic rings. The van der Waals surface area contributed by atoms with E-state index in [4.69, 9.17) is 28.3 Å². The Hall–Kier alpha value is -0.770. The summed E-state index contributed by atoms with van der Waals surface area (Å²) in [5.74, 6) is -1.93. The maximum absolute atomic E-state index is 10.9. The summed E-state index contributed by atoms with van der Waals surface area (Å²) in [5, 5.41) is 19.6. The van der Waals surface area contributed by atoms with Crippen molar-refractivity contribution in [3.05, 3.63) is 33.8 Å². The number of hydrogen-bond donors (Lipinski definition) is 2. The highest BCUT2D eigenvalue weighted by molar-refractivity contribution is 6.33. The van der Waals surface area contributed by atoms with Crippen LogP contribution < -0.4 is 0 Å². The third kappa shape index (κ3) is 2.88. The van der Waals surface area contributed by atoms with Crippen molar-refractivity contribution in [2.45, 2.75) is 19.4 Å². The van der Waals surface area contributed by atoms with Crippen LogP contribution in [-0.2, 0) is 4.79 Å². The van der Waals surface area contributed by atoms with Crippen LogP contribution in [0.25, 0.3) is 0 Å². The van der Waals surface area contributed by atoms with E-state index in [1.807, 2.05) is 0 Å². The van der Waals surface area contributed by atoms with Gasteiger partial charge in [-0.2, -0.15) is 0 Å². The average Bonchev–Trinajstić information content (AvgIpc) is 2.22. The molecular weight excluding hydrogens is 251 g/mol. The largest absolute Gasteiger partial charge is 0.481 e. The highest BCUT2D eigenvalue weighted by Crippen LogP contribution is 2.32. The Labute approximate surface area is 104 Å². The molecule has 5 heteroatoms. The van der Waals surface area contributed by atoms with Gasteiger partial charge in [-0.05, 0) is 24.6 Å². The number of aliphatic hydroxyl groups excluding tert-OH is 1. The highest BCUT2D eigenvalue weighted by atomic mass is 35.5. The molecule has 16 heavy (non-hydrogen) atoms. The number of rotatable bonds is 4. The van der Waals surface area contributed by atoms with Gasteiger partial charge in [0.15, 0.2) is 0 Å². The smallest absolute Gasteiger partial charge is 0.309 e. The van der Waals surface area contributed by atoms with Gasteiger partial charge in [0.25, 0.3) is 0 Å². The van der Waals surface area contributed by atoms with Crippen molar-refractivity contribution in [2.24, 2.45) is 5.92 Å². The molecule has 0 fully saturated rings. The van der Waals surface area contributed by atoms with Crippen LogP contribution in [0.3, 0.4) is 0 Å². The molecule has 0 heterocycles. The Balaban J connectivity index is 3.07. The van der Waals surface area contributed by atoms with Crippen LogP contribution in [-0.4, -0.2) is 16.2 Å². The summed E-state index contributed by atoms with van der Waals surface area (Å²) < 4.78 is 0. The normalized spacial score (nSPS) is 14.5. The van der Waals surface area contributed by atoms with E-state index >= 15 is 0 Å². The maximum atomic E-state index is 10.9. The number of benzene rings is 1. The zero-order valence-corrected chi connectivity index (χ0v) is 10.2. The number of aliphatic hydroxyl groups is 1. The molecule has 0 radical (unpaired) electrons. The van der Waals surface area contributed by atoms with E-state index < -0.39 is 18.0 Å². The predicted molar refractivity (Wildman–Crippen MR) is 62.8 cm³/mol. The highest BCUT2D eigenvalue weighted by Gasteiger charge is 2.27. The van der Waals surface area contributed by atoms with Gasteiger partial charge in [0.05, 0.1) is 12.0 Å². The molecule has 0 bridgehead atoms. The summed E-state index contributed by atoms with van der Waals surface area (Å²) in [5.41, 5.74) is 0.350. The molecule has 1 aromatic rings. The summed E-state index contributed by atoms with van der Waals surface area (Å²) in [6, 6.07) is 4.61. The van der Waals surface area contributed by atoms with E-state index in [1.165, 1.54) is 12.1 Å². The van der Waals surface area contributed by atoms with Gasteiger partial charge in [0.1, 0.15) is 0 Å². The summed E-state index contributed by atoms with van der Waals surface area (Å²) in [4.78, 5) is 10.9. The number of carboxylic acids is 1. The Morgan fingerprint density at radius 2 is 2.06 bits per heavy atom. The lowest BCUT2D eigenvalue weighted by atomic mass is 9.93. The monoisotopic (exact) mass is 262 g/mol. The maximum Gasteiger partial charge on any atom is 0.309 e. The molecule has 0 amide bonds. The van der Waals surface area contributed by atoms with Crippen molar-refractivity contribution >= 4 is 29.2 Å². The molecule has 0 saturated heterocycles. The van der Waals surface area contributed by atoms with E-state index in [1.54, 1.807) is 13.0 Å². The van der Waals surface area contributed by atoms with Crippen LogP contribution in [0.1, 0.15) is 25.0 Å². The molecule has 0 saturated carbocycles. The first-order valence-electron chi connectivity index (χ1n) is 4.83. The van der Waals surface area contributed by atoms with Crippen LogP contribution in [0.15, 0.2) is 18.2 Å². The first-order valence-corrected chi connectivity index (χ1v) is 5.58. The molecule has 2 atom stereocenters. The van der Waals surface area contributed by atoms with Gasteiger partial charge >= 0.3 is 5.97 Å². The van der Waals surface area contributed by atoms with Crippen LogP contribution in [0, 0.1) is 5.92 Å². The molecule has 0 aliphatic heterocycles. The van der Waals surface area contributed by atoms with Crippen LogP contribution in [0.4, 0.5) is 0 Å². The Morgan fingerprint density at radius 3 is 2.56 bits per heavy atom. The molecule has 1 aromatic carbocycles. The summed E-state index contributed by atoms with van der Waals surface area (Å²) >= 11 is 11.7. The van der Waals surface area contributed by atoms with Crippen molar-refractivity contribution < 1.29 is 15.0 Å². The second-order valence-corrected chi connectivity index (χ2v) is 4.31. The van der Waals surface area contributed by atoms with Gasteiger partial charge in [-0.25, -0.2) is 0 Å². The zero-order chi connectivity index (χ0) is 12.3. The van der Waals surface area contributed by atoms with Gasteiger partial charge < -0.3 is 10.2 Å². The minimum atomic E-state index is -1.14. The van der Waals surface area contributed by atoms with E-state index in [-0.39, 0.29) is 0 Å². The lowest BCUT2D eigenvalue weighted by Gasteiger charge is -2.19. The van der Waals surface area contributed by atoms with Crippen molar-refractivity contribution in [3.63, 3.8) is 0 Å². The summed E-state index contributed by atoms with van der Waals surface area (Å²) in [6.07, 6.45) is -0.826. The second kappa shape index (κ2) is 5.53. The molecule has 0 aromatic heterocycles. The molecule has 88 valence electrons. The SMILES string of the molecule is CCC(C(=O)O)C(O)c1cc(Cl)ccc1Cl. The molecule has 0 aliphatic carbocycles. The van der Waals surface area contributed by atoms with E-state index in [2.05, 4.69) is 0 Å². The quantitative estimate of drug-likeness (QED) is 0.877. The molecule has 0 spiro atoms. The van der Waals surface area contributed by atoms with Crippen molar-refractivity contribution in [3.8, 4) is 0 Å². The number of carboxylic acid groups (broad SMARTS) is 1. The van der Waals surface area contributed by atoms with Gasteiger partial charge in [-0.15, -0.1) is 0 Å². The van der Waals surface area contributed by atoms with Crippen molar-refractivity contribution in [1.82, 2.24) is 0 Å². The number of halogens is 2. The second-order valence-electron chi connectivity index (χ2n) is 3.46. The Bertz CT molecular complexity index is 393.